The SMILES string of the molecule is CCC(CC(=N)N)SC(C)C(C)O. The van der Waals surface area contributed by atoms with E-state index in [1.807, 2.05) is 6.92 Å². The minimum absolute atomic E-state index is 0.212. The van der Waals surface area contributed by atoms with Crippen molar-refractivity contribution in [3.8, 4) is 0 Å². The summed E-state index contributed by atoms with van der Waals surface area (Å²) in [5.74, 6) is 0.233. The maximum Gasteiger partial charge on any atom is 0.0916 e. The lowest BCUT2D eigenvalue weighted by Gasteiger charge is -2.20. The van der Waals surface area contributed by atoms with E-state index in [9.17, 15) is 5.11 Å². The number of thioether (sulfide) groups is 1. The average Bonchev–Trinajstić information content (AvgIpc) is 2.02. The van der Waals surface area contributed by atoms with Gasteiger partial charge in [-0.1, -0.05) is 13.8 Å². The monoisotopic (exact) mass is 204 g/mol. The first-order valence-corrected chi connectivity index (χ1v) is 5.58. The highest BCUT2D eigenvalue weighted by Crippen LogP contribution is 2.24. The Hall–Kier alpha value is -0.220. The van der Waals surface area contributed by atoms with Gasteiger partial charge in [0.1, 0.15) is 0 Å². The minimum Gasteiger partial charge on any atom is -0.392 e. The first-order chi connectivity index (χ1) is 5.97. The Kier molecular flexibility index (Phi) is 6.16. The van der Waals surface area contributed by atoms with Gasteiger partial charge in [0.25, 0.3) is 0 Å². The van der Waals surface area contributed by atoms with Crippen LogP contribution in [0.5, 0.6) is 0 Å². The van der Waals surface area contributed by atoms with Crippen LogP contribution in [0, 0.1) is 5.41 Å². The van der Waals surface area contributed by atoms with Crippen LogP contribution in [0.4, 0.5) is 0 Å². The van der Waals surface area contributed by atoms with E-state index in [4.69, 9.17) is 11.1 Å². The van der Waals surface area contributed by atoms with Crippen LogP contribution in [0.15, 0.2) is 0 Å². The molecule has 0 aromatic rings. The third-order valence-electron chi connectivity index (χ3n) is 1.99. The van der Waals surface area contributed by atoms with Crippen molar-refractivity contribution in [2.75, 3.05) is 0 Å². The Balaban J connectivity index is 3.90. The summed E-state index contributed by atoms with van der Waals surface area (Å²) in [4.78, 5) is 0. The van der Waals surface area contributed by atoms with Crippen molar-refractivity contribution in [3.63, 3.8) is 0 Å². The Bertz CT molecular complexity index is 162. The molecule has 0 aromatic heterocycles. The average molecular weight is 204 g/mol. The van der Waals surface area contributed by atoms with Crippen molar-refractivity contribution < 1.29 is 5.11 Å². The van der Waals surface area contributed by atoms with Crippen molar-refractivity contribution in [1.29, 1.82) is 5.41 Å². The maximum atomic E-state index is 9.29. The molecule has 0 aliphatic rings. The number of hydrogen-bond donors (Lipinski definition) is 3. The molecule has 0 aliphatic carbocycles. The molecule has 4 heteroatoms. The highest BCUT2D eigenvalue weighted by Gasteiger charge is 2.16. The van der Waals surface area contributed by atoms with E-state index in [2.05, 4.69) is 6.92 Å². The zero-order chi connectivity index (χ0) is 10.4. The topological polar surface area (TPSA) is 70.1 Å². The van der Waals surface area contributed by atoms with Gasteiger partial charge >= 0.3 is 0 Å². The lowest BCUT2D eigenvalue weighted by Crippen LogP contribution is -2.23. The Morgan fingerprint density at radius 1 is 1.54 bits per heavy atom. The van der Waals surface area contributed by atoms with E-state index in [0.29, 0.717) is 11.7 Å². The molecular weight excluding hydrogens is 184 g/mol. The van der Waals surface area contributed by atoms with Crippen molar-refractivity contribution in [2.45, 2.75) is 50.2 Å². The number of hydrogen-bond acceptors (Lipinski definition) is 3. The molecule has 0 bridgehead atoms. The molecule has 0 radical (unpaired) electrons. The Morgan fingerprint density at radius 2 is 2.08 bits per heavy atom. The first-order valence-electron chi connectivity index (χ1n) is 4.63. The fourth-order valence-corrected chi connectivity index (χ4v) is 2.25. The number of aliphatic hydroxyl groups is 1. The van der Waals surface area contributed by atoms with E-state index in [1.54, 1.807) is 18.7 Å². The maximum absolute atomic E-state index is 9.29. The number of nitrogens with one attached hydrogen (secondary N) is 1. The van der Waals surface area contributed by atoms with Gasteiger partial charge in [0, 0.05) is 16.9 Å². The number of amidine groups is 1. The van der Waals surface area contributed by atoms with E-state index in [-0.39, 0.29) is 17.2 Å². The second-order valence-corrected chi connectivity index (χ2v) is 5.02. The van der Waals surface area contributed by atoms with Crippen LogP contribution in [0.1, 0.15) is 33.6 Å². The Labute approximate surface area is 84.6 Å². The van der Waals surface area contributed by atoms with E-state index < -0.39 is 0 Å². The van der Waals surface area contributed by atoms with Crippen LogP contribution in [0.3, 0.4) is 0 Å². The largest absolute Gasteiger partial charge is 0.392 e. The second-order valence-electron chi connectivity index (χ2n) is 3.34. The molecule has 13 heavy (non-hydrogen) atoms. The predicted octanol–water partition coefficient (Wildman–Crippen LogP) is 1.59. The molecule has 0 spiro atoms. The molecule has 0 aromatic carbocycles. The molecule has 0 saturated carbocycles. The van der Waals surface area contributed by atoms with E-state index in [0.717, 1.165) is 6.42 Å². The highest BCUT2D eigenvalue weighted by atomic mass is 32.2. The summed E-state index contributed by atoms with van der Waals surface area (Å²) in [5, 5.41) is 17.1. The van der Waals surface area contributed by atoms with Gasteiger partial charge in [-0.15, -0.1) is 0 Å². The summed E-state index contributed by atoms with van der Waals surface area (Å²) in [7, 11) is 0. The molecule has 0 saturated heterocycles. The van der Waals surface area contributed by atoms with E-state index >= 15 is 0 Å². The Morgan fingerprint density at radius 3 is 2.38 bits per heavy atom. The van der Waals surface area contributed by atoms with Gasteiger partial charge in [-0.2, -0.15) is 11.8 Å². The fraction of sp³-hybridized carbons (Fsp3) is 0.889. The van der Waals surface area contributed by atoms with Crippen LogP contribution in [0.25, 0.3) is 0 Å². The van der Waals surface area contributed by atoms with Crippen LogP contribution in [0.2, 0.25) is 0 Å². The van der Waals surface area contributed by atoms with Gasteiger partial charge in [0.05, 0.1) is 11.9 Å². The van der Waals surface area contributed by atoms with Gasteiger partial charge < -0.3 is 10.8 Å². The van der Waals surface area contributed by atoms with Gasteiger partial charge in [0.2, 0.25) is 0 Å². The van der Waals surface area contributed by atoms with Crippen LogP contribution in [-0.2, 0) is 0 Å². The van der Waals surface area contributed by atoms with Gasteiger partial charge in [0.15, 0.2) is 0 Å². The first kappa shape index (κ1) is 12.8. The van der Waals surface area contributed by atoms with Gasteiger partial charge in [-0.05, 0) is 13.3 Å². The second kappa shape index (κ2) is 6.27. The third kappa shape index (κ3) is 5.93. The van der Waals surface area contributed by atoms with Crippen molar-refractivity contribution in [1.82, 2.24) is 0 Å². The third-order valence-corrected chi connectivity index (χ3v) is 3.70. The van der Waals surface area contributed by atoms with Crippen LogP contribution < -0.4 is 5.73 Å². The summed E-state index contributed by atoms with van der Waals surface area (Å²) in [6.45, 7) is 5.87. The molecule has 3 atom stereocenters. The summed E-state index contributed by atoms with van der Waals surface area (Å²) in [6, 6.07) is 0. The normalized spacial score (nSPS) is 17.8. The van der Waals surface area contributed by atoms with Crippen molar-refractivity contribution in [3.05, 3.63) is 0 Å². The number of nitrogens with two attached hydrogens (primary N) is 1. The van der Waals surface area contributed by atoms with Crippen molar-refractivity contribution >= 4 is 17.6 Å². The molecular formula is C9H20N2OS. The minimum atomic E-state index is -0.300. The van der Waals surface area contributed by atoms with Crippen LogP contribution in [-0.4, -0.2) is 27.5 Å². The smallest absolute Gasteiger partial charge is 0.0916 e. The lowest BCUT2D eigenvalue weighted by molar-refractivity contribution is 0.196. The van der Waals surface area contributed by atoms with Gasteiger partial charge in [-0.25, -0.2) is 0 Å². The summed E-state index contributed by atoms with van der Waals surface area (Å²) < 4.78 is 0. The quantitative estimate of drug-likeness (QED) is 0.454. The molecule has 0 rings (SSSR count). The zero-order valence-electron chi connectivity index (χ0n) is 8.58. The lowest BCUT2D eigenvalue weighted by atomic mass is 10.2. The fourth-order valence-electron chi connectivity index (χ4n) is 0.951. The molecule has 0 heterocycles. The molecule has 0 amide bonds. The molecule has 3 unspecified atom stereocenters. The summed E-state index contributed by atoms with van der Waals surface area (Å²) >= 11 is 1.71. The number of rotatable bonds is 6. The predicted molar refractivity (Wildman–Crippen MR) is 59.3 cm³/mol. The van der Waals surface area contributed by atoms with Crippen molar-refractivity contribution in [2.24, 2.45) is 5.73 Å². The summed E-state index contributed by atoms with van der Waals surface area (Å²) in [5.41, 5.74) is 5.33. The zero-order valence-corrected chi connectivity index (χ0v) is 9.40. The molecule has 3 nitrogen and oxygen atoms in total. The molecule has 0 fully saturated rings. The highest BCUT2D eigenvalue weighted by molar-refractivity contribution is 8.00. The van der Waals surface area contributed by atoms with Gasteiger partial charge in [-0.3, -0.25) is 5.41 Å². The molecule has 4 N–H and O–H groups in total. The molecule has 0 aliphatic heterocycles. The molecule has 78 valence electrons. The standard InChI is InChI=1S/C9H20N2OS/c1-4-8(5-9(10)11)13-7(3)6(2)12/h6-8,12H,4-5H2,1-3H3,(H3,10,11). The van der Waals surface area contributed by atoms with E-state index in [1.165, 1.54) is 0 Å². The summed E-state index contributed by atoms with van der Waals surface area (Å²) in [6.07, 6.45) is 1.31. The van der Waals surface area contributed by atoms with Crippen LogP contribution >= 0.6 is 11.8 Å². The number of aliphatic hydroxyl groups excluding tert-OH is 1.